The van der Waals surface area contributed by atoms with Gasteiger partial charge in [-0.15, -0.1) is 0 Å². The van der Waals surface area contributed by atoms with Crippen LogP contribution in [0.4, 0.5) is 0 Å². The quantitative estimate of drug-likeness (QED) is 0.346. The smallest absolute Gasteiger partial charge is 0.234 e. The zero-order valence-electron chi connectivity index (χ0n) is 19.9. The molecule has 7 nitrogen and oxygen atoms in total. The minimum absolute atomic E-state index is 0.0658. The van der Waals surface area contributed by atoms with Crippen LogP contribution in [-0.2, 0) is 19.2 Å². The number of carbonyl (C=O) groups excluding carboxylic acids is 4. The van der Waals surface area contributed by atoms with E-state index >= 15 is 0 Å². The van der Waals surface area contributed by atoms with Crippen LogP contribution in [-0.4, -0.2) is 46.0 Å². The number of amides is 2. The number of Topliss-reactive ketones (excluding diaryl/α,β-unsaturated/α-hetero) is 1. The first kappa shape index (κ1) is 23.7. The predicted molar refractivity (Wildman–Crippen MR) is 131 cm³/mol. The average Bonchev–Trinajstić information content (AvgIpc) is 3.06. The topological polar surface area (TPSA) is 101 Å². The fourth-order valence-electron chi connectivity index (χ4n) is 6.20. The first-order chi connectivity index (χ1) is 16.5. The van der Waals surface area contributed by atoms with E-state index in [9.17, 15) is 24.3 Å². The molecule has 5 rings (SSSR count). The van der Waals surface area contributed by atoms with Gasteiger partial charge in [0.25, 0.3) is 0 Å². The van der Waals surface area contributed by atoms with Gasteiger partial charge in [-0.25, -0.2) is 0 Å². The van der Waals surface area contributed by atoms with Crippen molar-refractivity contribution in [2.24, 2.45) is 17.8 Å². The number of ketones is 2. The highest BCUT2D eigenvalue weighted by molar-refractivity contribution is 9.12. The van der Waals surface area contributed by atoms with Gasteiger partial charge in [0, 0.05) is 34.2 Å². The molecule has 1 aromatic rings. The van der Waals surface area contributed by atoms with E-state index in [1.807, 2.05) is 26.8 Å². The van der Waals surface area contributed by atoms with Gasteiger partial charge in [0.1, 0.15) is 11.5 Å². The van der Waals surface area contributed by atoms with Crippen molar-refractivity contribution in [3.63, 3.8) is 0 Å². The first-order valence-corrected chi connectivity index (χ1v) is 12.4. The average molecular weight is 540 g/mol. The van der Waals surface area contributed by atoms with Crippen molar-refractivity contribution in [1.82, 2.24) is 4.90 Å². The van der Waals surface area contributed by atoms with Gasteiger partial charge in [-0.1, -0.05) is 17.7 Å². The lowest BCUT2D eigenvalue weighted by Crippen LogP contribution is -2.46. The van der Waals surface area contributed by atoms with Crippen LogP contribution in [0.25, 0.3) is 0 Å². The molecule has 8 heteroatoms. The van der Waals surface area contributed by atoms with Crippen LogP contribution in [0.15, 0.2) is 51.6 Å². The van der Waals surface area contributed by atoms with Gasteiger partial charge in [-0.05, 0) is 67.6 Å². The van der Waals surface area contributed by atoms with Crippen LogP contribution in [0.3, 0.4) is 0 Å². The summed E-state index contributed by atoms with van der Waals surface area (Å²) in [4.78, 5) is 54.9. The summed E-state index contributed by atoms with van der Waals surface area (Å²) >= 11 is 3.21. The van der Waals surface area contributed by atoms with E-state index in [1.165, 1.54) is 24.2 Å². The Morgan fingerprint density at radius 3 is 2.46 bits per heavy atom. The van der Waals surface area contributed by atoms with Gasteiger partial charge >= 0.3 is 0 Å². The summed E-state index contributed by atoms with van der Waals surface area (Å²) < 4.78 is 5.71. The largest absolute Gasteiger partial charge is 0.507 e. The van der Waals surface area contributed by atoms with E-state index in [4.69, 9.17) is 4.74 Å². The van der Waals surface area contributed by atoms with E-state index < -0.39 is 29.2 Å². The number of allylic oxidation sites excluding steroid dienone is 6. The number of imide groups is 1. The highest BCUT2D eigenvalue weighted by atomic mass is 79.9. The molecular formula is C27H26BrNO6. The number of carbonyl (C=O) groups is 4. The van der Waals surface area contributed by atoms with E-state index in [0.29, 0.717) is 28.9 Å². The number of hydrogen-bond acceptors (Lipinski definition) is 6. The van der Waals surface area contributed by atoms with Gasteiger partial charge < -0.3 is 9.84 Å². The fraction of sp³-hybridized carbons (Fsp3) is 0.407. The summed E-state index contributed by atoms with van der Waals surface area (Å²) in [6.07, 6.45) is 3.72. The molecule has 1 heterocycles. The maximum atomic E-state index is 13.7. The maximum absolute atomic E-state index is 13.7. The second-order valence-electron chi connectivity index (χ2n) is 10.5. The Labute approximate surface area is 211 Å². The van der Waals surface area contributed by atoms with Gasteiger partial charge in [-0.2, -0.15) is 0 Å². The molecule has 0 spiro atoms. The molecule has 4 unspecified atom stereocenters. The number of likely N-dealkylation sites (tertiary alicyclic amines) is 1. The van der Waals surface area contributed by atoms with Crippen LogP contribution < -0.4 is 4.74 Å². The van der Waals surface area contributed by atoms with E-state index in [0.717, 1.165) is 5.57 Å². The third-order valence-electron chi connectivity index (χ3n) is 7.55. The van der Waals surface area contributed by atoms with Crippen molar-refractivity contribution >= 4 is 39.3 Å². The van der Waals surface area contributed by atoms with E-state index in [-0.39, 0.29) is 40.0 Å². The molecule has 1 saturated heterocycles. The van der Waals surface area contributed by atoms with Crippen LogP contribution in [0.5, 0.6) is 11.5 Å². The summed E-state index contributed by atoms with van der Waals surface area (Å²) in [5.74, 6) is -3.15. The molecule has 35 heavy (non-hydrogen) atoms. The van der Waals surface area contributed by atoms with Gasteiger partial charge in [-0.3, -0.25) is 24.1 Å². The lowest BCUT2D eigenvalue weighted by Gasteiger charge is -2.42. The van der Waals surface area contributed by atoms with Gasteiger partial charge in [0.2, 0.25) is 11.8 Å². The number of benzene rings is 1. The third kappa shape index (κ3) is 3.37. The number of hydrogen-bond donors (Lipinski definition) is 1. The SMILES string of the molecule is COc1cccc(O)c1C1C2=CCC3C(=O)N(C(C)(C)C)C(=O)C3C2CC2=C1C(=O)C=C(Br)C2=O. The molecule has 2 amide bonds. The first-order valence-electron chi connectivity index (χ1n) is 11.6. The molecule has 1 aliphatic heterocycles. The summed E-state index contributed by atoms with van der Waals surface area (Å²) in [5, 5.41) is 10.9. The van der Waals surface area contributed by atoms with Crippen LogP contribution in [0.1, 0.15) is 45.1 Å². The third-order valence-corrected chi connectivity index (χ3v) is 8.14. The van der Waals surface area contributed by atoms with E-state index in [2.05, 4.69) is 15.9 Å². The predicted octanol–water partition coefficient (Wildman–Crippen LogP) is 3.96. The van der Waals surface area contributed by atoms with Crippen molar-refractivity contribution in [3.8, 4) is 11.5 Å². The number of aromatic hydroxyl groups is 1. The molecule has 0 aromatic heterocycles. The molecule has 0 radical (unpaired) electrons. The van der Waals surface area contributed by atoms with E-state index in [1.54, 1.807) is 12.1 Å². The number of phenolic OH excluding ortho intramolecular Hbond substituents is 1. The second-order valence-corrected chi connectivity index (χ2v) is 11.3. The minimum atomic E-state index is -0.763. The number of phenols is 1. The Hall–Kier alpha value is -3.00. The molecule has 4 atom stereocenters. The molecule has 1 fully saturated rings. The monoisotopic (exact) mass is 539 g/mol. The van der Waals surface area contributed by atoms with Crippen LogP contribution >= 0.6 is 15.9 Å². The Bertz CT molecular complexity index is 1300. The zero-order chi connectivity index (χ0) is 25.4. The Morgan fingerprint density at radius 2 is 1.80 bits per heavy atom. The van der Waals surface area contributed by atoms with Crippen molar-refractivity contribution in [2.75, 3.05) is 7.11 Å². The molecular weight excluding hydrogens is 514 g/mol. The summed E-state index contributed by atoms with van der Waals surface area (Å²) in [7, 11) is 1.48. The number of ether oxygens (including phenoxy) is 1. The molecule has 182 valence electrons. The van der Waals surface area contributed by atoms with Crippen LogP contribution in [0, 0.1) is 17.8 Å². The summed E-state index contributed by atoms with van der Waals surface area (Å²) in [6, 6.07) is 4.85. The fourth-order valence-corrected chi connectivity index (χ4v) is 6.65. The van der Waals surface area contributed by atoms with Crippen molar-refractivity contribution in [1.29, 1.82) is 0 Å². The maximum Gasteiger partial charge on any atom is 0.234 e. The van der Waals surface area contributed by atoms with Gasteiger partial charge in [0.15, 0.2) is 11.6 Å². The number of halogens is 1. The summed E-state index contributed by atoms with van der Waals surface area (Å²) in [5.41, 5.74) is 1.09. The van der Waals surface area contributed by atoms with Crippen LogP contribution in [0.2, 0.25) is 0 Å². The Balaban J connectivity index is 1.73. The number of methoxy groups -OCH3 is 1. The normalized spacial score (nSPS) is 28.4. The number of fused-ring (bicyclic) bond motifs is 3. The second kappa shape index (κ2) is 8.01. The Morgan fingerprint density at radius 1 is 1.09 bits per heavy atom. The van der Waals surface area contributed by atoms with Gasteiger partial charge in [0.05, 0.1) is 23.4 Å². The molecule has 1 N–H and O–H groups in total. The number of nitrogens with zero attached hydrogens (tertiary/aromatic N) is 1. The van der Waals surface area contributed by atoms with Crippen molar-refractivity contribution < 1.29 is 29.0 Å². The Kier molecular flexibility index (Phi) is 5.43. The molecule has 1 aromatic carbocycles. The summed E-state index contributed by atoms with van der Waals surface area (Å²) in [6.45, 7) is 5.49. The lowest BCUT2D eigenvalue weighted by atomic mass is 9.59. The lowest BCUT2D eigenvalue weighted by molar-refractivity contribution is -0.145. The standard InChI is InChI=1S/C27H26BrNO6/c1-27(2,3)29-25(33)13-9-8-12-14(20(13)26(29)34)10-15-21(18(31)11-16(28)24(15)32)22(12)23-17(30)6-5-7-19(23)35-4/h5-8,11,13-14,20,22,30H,9-10H2,1-4H3. The molecule has 3 aliphatic carbocycles. The zero-order valence-corrected chi connectivity index (χ0v) is 21.5. The highest BCUT2D eigenvalue weighted by Crippen LogP contribution is 2.57. The molecule has 0 saturated carbocycles. The molecule has 0 bridgehead atoms. The minimum Gasteiger partial charge on any atom is -0.507 e. The number of rotatable bonds is 2. The highest BCUT2D eigenvalue weighted by Gasteiger charge is 2.58. The van der Waals surface area contributed by atoms with Crippen molar-refractivity contribution in [2.45, 2.75) is 45.1 Å². The van der Waals surface area contributed by atoms with Crippen molar-refractivity contribution in [3.05, 3.63) is 57.1 Å². The molecule has 4 aliphatic rings.